The molecule has 0 bridgehead atoms. The predicted octanol–water partition coefficient (Wildman–Crippen LogP) is 5.17. The molecule has 2 fully saturated rings. The lowest BCUT2D eigenvalue weighted by molar-refractivity contribution is -0.143. The average molecular weight is 630 g/mol. The predicted molar refractivity (Wildman–Crippen MR) is 175 cm³/mol. The molecule has 3 atom stereocenters. The largest absolute Gasteiger partial charge is 0.493 e. The number of anilines is 2. The van der Waals surface area contributed by atoms with Gasteiger partial charge in [-0.05, 0) is 66.3 Å². The second-order valence-electron chi connectivity index (χ2n) is 12.2. The molecule has 2 saturated heterocycles. The van der Waals surface area contributed by atoms with E-state index in [1.54, 1.807) is 7.11 Å². The van der Waals surface area contributed by atoms with Crippen molar-refractivity contribution in [3.8, 4) is 17.2 Å². The Balaban J connectivity index is 1.35. The molecule has 10 nitrogen and oxygen atoms in total. The van der Waals surface area contributed by atoms with Gasteiger partial charge in [0.05, 0.1) is 32.8 Å². The third-order valence-corrected chi connectivity index (χ3v) is 9.42. The highest BCUT2D eigenvalue weighted by Gasteiger charge is 2.48. The van der Waals surface area contributed by atoms with Crippen LogP contribution in [0.5, 0.6) is 17.2 Å². The van der Waals surface area contributed by atoms with E-state index in [4.69, 9.17) is 18.9 Å². The van der Waals surface area contributed by atoms with Crippen molar-refractivity contribution in [2.45, 2.75) is 45.6 Å². The van der Waals surface area contributed by atoms with Crippen molar-refractivity contribution >= 4 is 23.3 Å². The van der Waals surface area contributed by atoms with Crippen molar-refractivity contribution < 1.29 is 33.6 Å². The Labute approximate surface area is 270 Å². The van der Waals surface area contributed by atoms with E-state index < -0.39 is 23.8 Å². The lowest BCUT2D eigenvalue weighted by Crippen LogP contribution is -2.36. The zero-order chi connectivity index (χ0) is 32.4. The van der Waals surface area contributed by atoms with E-state index in [0.717, 1.165) is 65.1 Å². The summed E-state index contributed by atoms with van der Waals surface area (Å²) in [5.41, 5.74) is 6.90. The van der Waals surface area contributed by atoms with Gasteiger partial charge in [-0.15, -0.1) is 0 Å². The number of carbonyl (C=O) groups excluding carboxylic acids is 1. The number of amides is 1. The quantitative estimate of drug-likeness (QED) is 0.314. The summed E-state index contributed by atoms with van der Waals surface area (Å²) in [6, 6.07) is 15.5. The fourth-order valence-electron chi connectivity index (χ4n) is 7.22. The molecule has 0 radical (unpaired) electrons. The van der Waals surface area contributed by atoms with Crippen LogP contribution in [0.4, 0.5) is 11.4 Å². The minimum absolute atomic E-state index is 0.0397. The summed E-state index contributed by atoms with van der Waals surface area (Å²) in [6.07, 6.45) is 1.59. The highest BCUT2D eigenvalue weighted by molar-refractivity contribution is 5.94. The molecular weight excluding hydrogens is 586 g/mol. The molecule has 0 spiro atoms. The topological polar surface area (TPSA) is 110 Å². The minimum atomic E-state index is -0.924. The second kappa shape index (κ2) is 13.6. The van der Waals surface area contributed by atoms with Crippen molar-refractivity contribution in [3.63, 3.8) is 0 Å². The molecule has 2 N–H and O–H groups in total. The lowest BCUT2D eigenvalue weighted by Gasteiger charge is -2.30. The molecule has 0 aliphatic carbocycles. The van der Waals surface area contributed by atoms with Crippen molar-refractivity contribution in [3.05, 3.63) is 76.3 Å². The molecule has 3 aromatic carbocycles. The Kier molecular flexibility index (Phi) is 9.37. The van der Waals surface area contributed by atoms with Crippen LogP contribution in [0.2, 0.25) is 0 Å². The van der Waals surface area contributed by atoms with Crippen LogP contribution < -0.4 is 24.4 Å². The first-order valence-corrected chi connectivity index (χ1v) is 16.1. The molecule has 1 unspecified atom stereocenters. The maximum atomic E-state index is 13.8. The van der Waals surface area contributed by atoms with Gasteiger partial charge in [0.15, 0.2) is 11.5 Å². The van der Waals surface area contributed by atoms with E-state index in [-0.39, 0.29) is 19.2 Å². The third-order valence-electron chi connectivity index (χ3n) is 9.42. The normalized spacial score (nSPS) is 21.0. The minimum Gasteiger partial charge on any atom is -0.493 e. The van der Waals surface area contributed by atoms with Gasteiger partial charge >= 0.3 is 5.97 Å². The van der Waals surface area contributed by atoms with Gasteiger partial charge in [-0.2, -0.15) is 0 Å². The lowest BCUT2D eigenvalue weighted by atomic mass is 9.82. The van der Waals surface area contributed by atoms with Gasteiger partial charge in [-0.25, -0.2) is 0 Å². The van der Waals surface area contributed by atoms with Crippen LogP contribution in [0, 0.1) is 12.8 Å². The van der Waals surface area contributed by atoms with E-state index in [1.807, 2.05) is 41.3 Å². The molecule has 244 valence electrons. The smallest absolute Gasteiger partial charge is 0.309 e. The molecule has 3 heterocycles. The van der Waals surface area contributed by atoms with Crippen LogP contribution >= 0.6 is 0 Å². The summed E-state index contributed by atoms with van der Waals surface area (Å²) in [4.78, 5) is 31.3. The number of morpholine rings is 1. The van der Waals surface area contributed by atoms with Crippen LogP contribution in [-0.4, -0.2) is 75.2 Å². The molecule has 3 aromatic rings. The summed E-state index contributed by atoms with van der Waals surface area (Å²) in [5, 5.41) is 14.0. The van der Waals surface area contributed by atoms with Crippen molar-refractivity contribution in [1.82, 2.24) is 4.90 Å². The number of rotatable bonds is 10. The first kappa shape index (κ1) is 31.7. The SMILES string of the molecule is CCc1cc(C)cc(CC)c1NC(=O)CN1C[C@H](c2cc(OC)c3c(c2)OCO3)C(C(=O)O)[C@@H]1c1ccc(N2CCOCC2)cc1. The van der Waals surface area contributed by atoms with E-state index in [1.165, 1.54) is 0 Å². The fraction of sp³-hybridized carbons (Fsp3) is 0.444. The van der Waals surface area contributed by atoms with Crippen molar-refractivity contribution in [2.75, 3.05) is 63.5 Å². The summed E-state index contributed by atoms with van der Waals surface area (Å²) < 4.78 is 22.4. The Morgan fingerprint density at radius 2 is 1.67 bits per heavy atom. The number of ether oxygens (including phenoxy) is 4. The van der Waals surface area contributed by atoms with Gasteiger partial charge in [0.2, 0.25) is 18.4 Å². The first-order chi connectivity index (χ1) is 22.3. The molecule has 6 rings (SSSR count). The third kappa shape index (κ3) is 6.24. The monoisotopic (exact) mass is 629 g/mol. The summed E-state index contributed by atoms with van der Waals surface area (Å²) in [7, 11) is 1.56. The Hall–Kier alpha value is -4.28. The molecule has 46 heavy (non-hydrogen) atoms. The molecule has 1 amide bonds. The van der Waals surface area contributed by atoms with E-state index in [9.17, 15) is 14.7 Å². The van der Waals surface area contributed by atoms with Crippen LogP contribution in [0.1, 0.15) is 53.6 Å². The standard InChI is InChI=1S/C36H43N3O7/c1-5-23-15-22(3)16-24(6-2)33(23)37-31(40)20-39-19-28(26-17-29(43-4)35-30(18-26)45-21-46-35)32(36(41)42)34(39)25-7-9-27(10-8-25)38-11-13-44-14-12-38/h7-10,15-18,28,32,34H,5-6,11-14,19-21H2,1-4H3,(H,37,40)(H,41,42)/t28-,32?,34+/m1/s1. The van der Waals surface area contributed by atoms with Gasteiger partial charge in [-0.3, -0.25) is 14.5 Å². The van der Waals surface area contributed by atoms with Crippen molar-refractivity contribution in [2.24, 2.45) is 5.92 Å². The van der Waals surface area contributed by atoms with Crippen LogP contribution in [-0.2, 0) is 27.2 Å². The Morgan fingerprint density at radius 3 is 2.30 bits per heavy atom. The number of hydrogen-bond donors (Lipinski definition) is 2. The average Bonchev–Trinajstić information content (AvgIpc) is 3.70. The van der Waals surface area contributed by atoms with E-state index in [0.29, 0.717) is 37.0 Å². The maximum absolute atomic E-state index is 13.8. The number of benzene rings is 3. The number of nitrogens with zero attached hydrogens (tertiary/aromatic N) is 2. The number of likely N-dealkylation sites (tertiary alicyclic amines) is 1. The van der Waals surface area contributed by atoms with E-state index in [2.05, 4.69) is 43.1 Å². The second-order valence-corrected chi connectivity index (χ2v) is 12.2. The zero-order valence-electron chi connectivity index (χ0n) is 27.0. The molecule has 3 aliphatic rings. The van der Waals surface area contributed by atoms with Gasteiger partial charge in [0.1, 0.15) is 0 Å². The van der Waals surface area contributed by atoms with Crippen LogP contribution in [0.15, 0.2) is 48.5 Å². The number of aliphatic carboxylic acids is 1. The molecule has 0 aromatic heterocycles. The number of nitrogens with one attached hydrogen (secondary N) is 1. The number of carbonyl (C=O) groups is 2. The highest BCUT2D eigenvalue weighted by atomic mass is 16.7. The molecule has 0 saturated carbocycles. The Morgan fingerprint density at radius 1 is 0.978 bits per heavy atom. The van der Waals surface area contributed by atoms with Crippen LogP contribution in [0.3, 0.4) is 0 Å². The Bertz CT molecular complexity index is 1560. The number of fused-ring (bicyclic) bond motifs is 1. The zero-order valence-corrected chi connectivity index (χ0v) is 27.0. The van der Waals surface area contributed by atoms with Crippen LogP contribution in [0.25, 0.3) is 0 Å². The summed E-state index contributed by atoms with van der Waals surface area (Å²) in [5.74, 6) is -0.824. The fourth-order valence-corrected chi connectivity index (χ4v) is 7.22. The maximum Gasteiger partial charge on any atom is 0.309 e. The number of carboxylic acids is 1. The molecule has 3 aliphatic heterocycles. The van der Waals surface area contributed by atoms with Gasteiger partial charge in [0.25, 0.3) is 0 Å². The van der Waals surface area contributed by atoms with Crippen molar-refractivity contribution in [1.29, 1.82) is 0 Å². The number of carboxylic acid groups (broad SMARTS) is 1. The molecular formula is C36H43N3O7. The first-order valence-electron chi connectivity index (χ1n) is 16.1. The number of methoxy groups -OCH3 is 1. The van der Waals surface area contributed by atoms with Gasteiger partial charge < -0.3 is 34.3 Å². The molecule has 10 heteroatoms. The number of hydrogen-bond acceptors (Lipinski definition) is 8. The summed E-state index contributed by atoms with van der Waals surface area (Å²) >= 11 is 0. The van der Waals surface area contributed by atoms with Gasteiger partial charge in [0, 0.05) is 43.0 Å². The van der Waals surface area contributed by atoms with Gasteiger partial charge in [-0.1, -0.05) is 43.7 Å². The van der Waals surface area contributed by atoms with E-state index >= 15 is 0 Å². The highest BCUT2D eigenvalue weighted by Crippen LogP contribution is 2.50. The summed E-state index contributed by atoms with van der Waals surface area (Å²) in [6.45, 7) is 9.68. The number of aryl methyl sites for hydroxylation is 3.